The van der Waals surface area contributed by atoms with Gasteiger partial charge in [0.15, 0.2) is 5.11 Å². The summed E-state index contributed by atoms with van der Waals surface area (Å²) in [6.07, 6.45) is 4.60. The highest BCUT2D eigenvalue weighted by Gasteiger charge is 2.30. The van der Waals surface area contributed by atoms with E-state index in [4.69, 9.17) is 12.2 Å². The van der Waals surface area contributed by atoms with Gasteiger partial charge in [0.1, 0.15) is 11.5 Å². The van der Waals surface area contributed by atoms with Crippen LogP contribution in [-0.2, 0) is 0 Å². The molecule has 0 spiro atoms. The topological polar surface area (TPSA) is 42.5 Å². The van der Waals surface area contributed by atoms with Crippen LogP contribution in [0.2, 0.25) is 0 Å². The Bertz CT molecular complexity index is 1040. The molecule has 0 saturated heterocycles. The van der Waals surface area contributed by atoms with Gasteiger partial charge in [-0.15, -0.1) is 0 Å². The number of hydrogen-bond acceptors (Lipinski definition) is 3. The van der Waals surface area contributed by atoms with Crippen molar-refractivity contribution in [2.45, 2.75) is 38.5 Å². The molecule has 0 amide bonds. The van der Waals surface area contributed by atoms with Crippen LogP contribution in [0.15, 0.2) is 65.4 Å². The summed E-state index contributed by atoms with van der Waals surface area (Å²) in [5.74, 6) is 0.198. The first-order valence-corrected chi connectivity index (χ1v) is 10.4. The van der Waals surface area contributed by atoms with Crippen molar-refractivity contribution >= 4 is 23.4 Å². The lowest BCUT2D eigenvalue weighted by atomic mass is 9.83. The van der Waals surface area contributed by atoms with E-state index in [1.807, 2.05) is 6.08 Å². The number of hydrogen-bond donors (Lipinski definition) is 2. The van der Waals surface area contributed by atoms with Gasteiger partial charge in [0.05, 0.1) is 6.04 Å². The molecule has 1 heterocycles. The van der Waals surface area contributed by atoms with Gasteiger partial charge < -0.3 is 20.1 Å². The third kappa shape index (κ3) is 5.21. The van der Waals surface area contributed by atoms with Crippen molar-refractivity contribution in [1.29, 1.82) is 0 Å². The van der Waals surface area contributed by atoms with E-state index < -0.39 is 13.2 Å². The summed E-state index contributed by atoms with van der Waals surface area (Å²) in [6, 6.07) is 12.8. The largest absolute Gasteiger partial charge is 0.435 e. The Morgan fingerprint density at radius 3 is 2.06 bits per heavy atom. The number of benzene rings is 2. The lowest BCUT2D eigenvalue weighted by molar-refractivity contribution is -0.0505. The van der Waals surface area contributed by atoms with E-state index in [0.717, 1.165) is 47.2 Å². The minimum absolute atomic E-state index is 0.0953. The highest BCUT2D eigenvalue weighted by atomic mass is 32.1. The monoisotopic (exact) mass is 464 g/mol. The summed E-state index contributed by atoms with van der Waals surface area (Å²) < 4.78 is 58.4. The highest BCUT2D eigenvalue weighted by Crippen LogP contribution is 2.39. The summed E-state index contributed by atoms with van der Waals surface area (Å²) in [5, 5.41) is 6.98. The van der Waals surface area contributed by atoms with Crippen molar-refractivity contribution in [3.05, 3.63) is 76.5 Å². The number of ether oxygens (including phenoxy) is 2. The number of thiocarbonyl (C=S) groups is 1. The van der Waals surface area contributed by atoms with E-state index in [9.17, 15) is 17.6 Å². The molecule has 0 fully saturated rings. The van der Waals surface area contributed by atoms with Crippen LogP contribution in [0.4, 0.5) is 17.6 Å². The highest BCUT2D eigenvalue weighted by molar-refractivity contribution is 7.80. The molecule has 2 N–H and O–H groups in total. The standard InChI is InChI=1S/C23H20F4N2O2S/c24-21(25)30-16-8-4-13(5-9-16)12-15-2-1-3-18-19(28-23(32)29-20(15)18)14-6-10-17(11-7-14)31-22(26)27/h4-12,19,21-22H,1-3H2,(H2,28,29,32)/b15-12-/t19-/m0/s1. The van der Waals surface area contributed by atoms with Crippen LogP contribution in [0.25, 0.3) is 6.08 Å². The Kier molecular flexibility index (Phi) is 6.64. The summed E-state index contributed by atoms with van der Waals surface area (Å²) in [7, 11) is 0. The number of nitrogens with one attached hydrogen (secondary N) is 2. The van der Waals surface area contributed by atoms with Crippen molar-refractivity contribution in [1.82, 2.24) is 10.6 Å². The predicted molar refractivity (Wildman–Crippen MR) is 117 cm³/mol. The van der Waals surface area contributed by atoms with E-state index in [0.29, 0.717) is 5.11 Å². The number of halogens is 4. The van der Waals surface area contributed by atoms with Gasteiger partial charge in [-0.05, 0) is 84.1 Å². The zero-order valence-corrected chi connectivity index (χ0v) is 17.6. The second kappa shape index (κ2) is 9.60. The van der Waals surface area contributed by atoms with Crippen LogP contribution in [0.5, 0.6) is 11.5 Å². The third-order valence-electron chi connectivity index (χ3n) is 5.28. The van der Waals surface area contributed by atoms with Gasteiger partial charge >= 0.3 is 13.2 Å². The average molecular weight is 464 g/mol. The molecule has 2 aromatic carbocycles. The maximum absolute atomic E-state index is 12.4. The first-order valence-electron chi connectivity index (χ1n) is 10.00. The Morgan fingerprint density at radius 1 is 0.875 bits per heavy atom. The quantitative estimate of drug-likeness (QED) is 0.410. The van der Waals surface area contributed by atoms with Gasteiger partial charge in [-0.1, -0.05) is 24.3 Å². The fourth-order valence-electron chi connectivity index (χ4n) is 3.96. The number of allylic oxidation sites excluding steroid dienone is 1. The fraction of sp³-hybridized carbons (Fsp3) is 0.261. The van der Waals surface area contributed by atoms with Crippen LogP contribution in [0.1, 0.15) is 36.4 Å². The zero-order valence-electron chi connectivity index (χ0n) is 16.8. The Morgan fingerprint density at radius 2 is 1.47 bits per heavy atom. The summed E-state index contributed by atoms with van der Waals surface area (Å²) in [4.78, 5) is 0. The van der Waals surface area contributed by atoms with Crippen LogP contribution in [0.3, 0.4) is 0 Å². The van der Waals surface area contributed by atoms with Crippen LogP contribution in [-0.4, -0.2) is 18.3 Å². The van der Waals surface area contributed by atoms with Gasteiger partial charge in [0.2, 0.25) is 0 Å². The van der Waals surface area contributed by atoms with E-state index in [1.54, 1.807) is 24.3 Å². The van der Waals surface area contributed by atoms with Crippen molar-refractivity contribution in [2.24, 2.45) is 0 Å². The molecule has 168 valence electrons. The van der Waals surface area contributed by atoms with Crippen molar-refractivity contribution in [2.75, 3.05) is 0 Å². The molecular formula is C23H20F4N2O2S. The molecule has 0 radical (unpaired) electrons. The van der Waals surface area contributed by atoms with Crippen LogP contribution >= 0.6 is 12.2 Å². The second-order valence-corrected chi connectivity index (χ2v) is 7.76. The van der Waals surface area contributed by atoms with Gasteiger partial charge in [-0.3, -0.25) is 0 Å². The Balaban J connectivity index is 1.62. The minimum Gasteiger partial charge on any atom is -0.435 e. The molecule has 4 rings (SSSR count). The summed E-state index contributed by atoms with van der Waals surface area (Å²) in [6.45, 7) is -5.74. The van der Waals surface area contributed by atoms with Crippen molar-refractivity contribution in [3.63, 3.8) is 0 Å². The van der Waals surface area contributed by atoms with E-state index >= 15 is 0 Å². The van der Waals surface area contributed by atoms with E-state index in [-0.39, 0.29) is 17.5 Å². The van der Waals surface area contributed by atoms with Gasteiger partial charge in [-0.25, -0.2) is 0 Å². The fourth-order valence-corrected chi connectivity index (χ4v) is 4.18. The molecule has 2 aromatic rings. The molecule has 0 unspecified atom stereocenters. The first kappa shape index (κ1) is 22.1. The first-order chi connectivity index (χ1) is 15.4. The van der Waals surface area contributed by atoms with Crippen LogP contribution < -0.4 is 20.1 Å². The summed E-state index contributed by atoms with van der Waals surface area (Å²) in [5.41, 5.74) is 4.85. The molecule has 0 aromatic heterocycles. The minimum atomic E-state index is -2.87. The van der Waals surface area contributed by atoms with Crippen molar-refractivity contribution < 1.29 is 27.0 Å². The second-order valence-electron chi connectivity index (χ2n) is 7.35. The maximum atomic E-state index is 12.4. The molecule has 1 atom stereocenters. The molecular weight excluding hydrogens is 444 g/mol. The number of alkyl halides is 4. The normalized spacial score (nSPS) is 19.6. The lowest BCUT2D eigenvalue weighted by Gasteiger charge is -2.36. The third-order valence-corrected chi connectivity index (χ3v) is 5.50. The Hall–Kier alpha value is -3.07. The molecule has 9 heteroatoms. The molecule has 4 nitrogen and oxygen atoms in total. The molecule has 1 aliphatic heterocycles. The van der Waals surface area contributed by atoms with Gasteiger partial charge in [-0.2, -0.15) is 17.6 Å². The molecule has 0 saturated carbocycles. The zero-order chi connectivity index (χ0) is 22.7. The van der Waals surface area contributed by atoms with Crippen LogP contribution in [0, 0.1) is 0 Å². The number of rotatable bonds is 6. The van der Waals surface area contributed by atoms with E-state index in [1.165, 1.54) is 24.3 Å². The molecule has 1 aliphatic carbocycles. The predicted octanol–water partition coefficient (Wildman–Crippen LogP) is 5.93. The van der Waals surface area contributed by atoms with Gasteiger partial charge in [0.25, 0.3) is 0 Å². The summed E-state index contributed by atoms with van der Waals surface area (Å²) >= 11 is 5.41. The maximum Gasteiger partial charge on any atom is 0.387 e. The molecule has 0 bridgehead atoms. The van der Waals surface area contributed by atoms with Crippen molar-refractivity contribution in [3.8, 4) is 11.5 Å². The molecule has 32 heavy (non-hydrogen) atoms. The lowest BCUT2D eigenvalue weighted by Crippen LogP contribution is -2.45. The Labute approximate surface area is 187 Å². The smallest absolute Gasteiger partial charge is 0.387 e. The van der Waals surface area contributed by atoms with E-state index in [2.05, 4.69) is 20.1 Å². The average Bonchev–Trinajstić information content (AvgIpc) is 2.75. The molecule has 2 aliphatic rings. The SMILES string of the molecule is FC(F)Oc1ccc(/C=C2/CCCC3=C2NC(=S)N[C@H]3c2ccc(OC(F)F)cc2)cc1. The van der Waals surface area contributed by atoms with Gasteiger partial charge in [0, 0.05) is 5.70 Å².